The fraction of sp³-hybridized carbons (Fsp3) is 0.333. The first-order valence-electron chi connectivity index (χ1n) is 4.62. The number of nitrogen functional groups attached to an aromatic ring is 1. The summed E-state index contributed by atoms with van der Waals surface area (Å²) < 4.78 is 60.7. The Bertz CT molecular complexity index is 545. The Hall–Kier alpha value is -0.800. The van der Waals surface area contributed by atoms with Crippen LogP contribution in [-0.4, -0.2) is 32.5 Å². The molecule has 0 bridgehead atoms. The molecule has 0 spiro atoms. The van der Waals surface area contributed by atoms with Gasteiger partial charge in [0.25, 0.3) is 0 Å². The molecular formula is C9H10BrF3N2O2S. The lowest BCUT2D eigenvalue weighted by Gasteiger charge is -2.19. The van der Waals surface area contributed by atoms with E-state index in [-0.39, 0.29) is 13.7 Å². The van der Waals surface area contributed by atoms with Crippen LogP contribution in [0.5, 0.6) is 0 Å². The molecule has 18 heavy (non-hydrogen) atoms. The van der Waals surface area contributed by atoms with Crippen LogP contribution in [0.3, 0.4) is 0 Å². The Labute approximate surface area is 111 Å². The summed E-state index contributed by atoms with van der Waals surface area (Å²) >= 11 is 2.96. The van der Waals surface area contributed by atoms with Crippen molar-refractivity contribution in [2.45, 2.75) is 11.1 Å². The average molecular weight is 347 g/mol. The molecule has 102 valence electrons. The molecule has 0 unspecified atom stereocenters. The first-order valence-corrected chi connectivity index (χ1v) is 6.85. The summed E-state index contributed by atoms with van der Waals surface area (Å²) in [5.74, 6) is 0. The second-order valence-corrected chi connectivity index (χ2v) is 6.43. The van der Waals surface area contributed by atoms with Crippen LogP contribution in [-0.2, 0) is 10.0 Å². The van der Waals surface area contributed by atoms with Gasteiger partial charge < -0.3 is 5.73 Å². The number of hydrogen-bond acceptors (Lipinski definition) is 3. The number of alkyl halides is 3. The largest absolute Gasteiger partial charge is 0.402 e. The number of halogens is 4. The van der Waals surface area contributed by atoms with Gasteiger partial charge in [-0.05, 0) is 34.1 Å². The minimum absolute atomic E-state index is 0.122. The van der Waals surface area contributed by atoms with E-state index < -0.39 is 22.7 Å². The van der Waals surface area contributed by atoms with E-state index in [0.29, 0.717) is 5.69 Å². The predicted octanol–water partition coefficient (Wildman–Crippen LogP) is 2.21. The quantitative estimate of drug-likeness (QED) is 0.853. The van der Waals surface area contributed by atoms with Crippen LogP contribution in [0.2, 0.25) is 0 Å². The van der Waals surface area contributed by atoms with Gasteiger partial charge in [-0.15, -0.1) is 0 Å². The van der Waals surface area contributed by atoms with E-state index >= 15 is 0 Å². The van der Waals surface area contributed by atoms with E-state index in [1.165, 1.54) is 12.1 Å². The number of rotatable bonds is 3. The van der Waals surface area contributed by atoms with Crippen molar-refractivity contribution in [1.82, 2.24) is 4.31 Å². The smallest absolute Gasteiger partial charge is 0.399 e. The molecule has 9 heteroatoms. The van der Waals surface area contributed by atoms with Crippen molar-refractivity contribution in [3.8, 4) is 0 Å². The van der Waals surface area contributed by atoms with E-state index in [1.54, 1.807) is 0 Å². The van der Waals surface area contributed by atoms with Gasteiger partial charge in [0.15, 0.2) is 0 Å². The molecular weight excluding hydrogens is 337 g/mol. The van der Waals surface area contributed by atoms with Crippen molar-refractivity contribution < 1.29 is 21.6 Å². The van der Waals surface area contributed by atoms with Crippen LogP contribution in [0.1, 0.15) is 0 Å². The second-order valence-electron chi connectivity index (χ2n) is 3.57. The van der Waals surface area contributed by atoms with Crippen molar-refractivity contribution in [2.24, 2.45) is 0 Å². The van der Waals surface area contributed by atoms with Gasteiger partial charge in [0, 0.05) is 17.2 Å². The summed E-state index contributed by atoms with van der Waals surface area (Å²) in [7, 11) is -3.34. The van der Waals surface area contributed by atoms with Crippen LogP contribution in [0, 0.1) is 0 Å². The molecule has 0 fully saturated rings. The summed E-state index contributed by atoms with van der Waals surface area (Å²) in [4.78, 5) is -0.261. The van der Waals surface area contributed by atoms with Crippen molar-refractivity contribution in [3.05, 3.63) is 22.7 Å². The van der Waals surface area contributed by atoms with Crippen LogP contribution in [0.4, 0.5) is 18.9 Å². The summed E-state index contributed by atoms with van der Waals surface area (Å²) in [5, 5.41) is 0. The Balaban J connectivity index is 3.14. The highest BCUT2D eigenvalue weighted by atomic mass is 79.9. The van der Waals surface area contributed by atoms with E-state index in [0.717, 1.165) is 13.1 Å². The summed E-state index contributed by atoms with van der Waals surface area (Å²) in [5.41, 5.74) is 5.74. The summed E-state index contributed by atoms with van der Waals surface area (Å²) in [6, 6.07) is 3.77. The maximum atomic E-state index is 12.2. The normalized spacial score (nSPS) is 13.0. The highest BCUT2D eigenvalue weighted by Crippen LogP contribution is 2.28. The van der Waals surface area contributed by atoms with Crippen LogP contribution >= 0.6 is 15.9 Å². The molecule has 2 N–H and O–H groups in total. The zero-order valence-electron chi connectivity index (χ0n) is 9.20. The molecule has 0 heterocycles. The number of benzene rings is 1. The highest BCUT2D eigenvalue weighted by molar-refractivity contribution is 9.10. The van der Waals surface area contributed by atoms with Gasteiger partial charge in [-0.3, -0.25) is 0 Å². The fourth-order valence-corrected chi connectivity index (χ4v) is 3.44. The molecule has 4 nitrogen and oxygen atoms in total. The van der Waals surface area contributed by atoms with Crippen LogP contribution < -0.4 is 5.73 Å². The highest BCUT2D eigenvalue weighted by Gasteiger charge is 2.35. The van der Waals surface area contributed by atoms with Crippen molar-refractivity contribution in [3.63, 3.8) is 0 Å². The molecule has 1 aromatic carbocycles. The van der Waals surface area contributed by atoms with Gasteiger partial charge in [0.1, 0.15) is 6.54 Å². The zero-order valence-corrected chi connectivity index (χ0v) is 11.6. The number of sulfonamides is 1. The van der Waals surface area contributed by atoms with Crippen molar-refractivity contribution in [1.29, 1.82) is 0 Å². The molecule has 0 aromatic heterocycles. The number of nitrogens with two attached hydrogens (primary N) is 1. The SMILES string of the molecule is CN(CC(F)(F)F)S(=O)(=O)c1ccc(N)cc1Br. The van der Waals surface area contributed by atoms with E-state index in [2.05, 4.69) is 15.9 Å². The van der Waals surface area contributed by atoms with Gasteiger partial charge in [-0.25, -0.2) is 8.42 Å². The fourth-order valence-electron chi connectivity index (χ4n) is 1.23. The van der Waals surface area contributed by atoms with Crippen molar-refractivity contribution >= 4 is 31.6 Å². The van der Waals surface area contributed by atoms with Crippen LogP contribution in [0.15, 0.2) is 27.6 Å². The topological polar surface area (TPSA) is 63.4 Å². The zero-order chi connectivity index (χ0) is 14.1. The summed E-state index contributed by atoms with van der Waals surface area (Å²) in [6.07, 6.45) is -4.60. The van der Waals surface area contributed by atoms with Gasteiger partial charge in [-0.1, -0.05) is 0 Å². The monoisotopic (exact) mass is 346 g/mol. The lowest BCUT2D eigenvalue weighted by molar-refractivity contribution is -0.134. The summed E-state index contributed by atoms with van der Waals surface area (Å²) in [6.45, 7) is -1.55. The average Bonchev–Trinajstić information content (AvgIpc) is 2.13. The molecule has 0 saturated carbocycles. The predicted molar refractivity (Wildman–Crippen MR) is 64.4 cm³/mol. The molecule has 0 aliphatic carbocycles. The minimum atomic E-state index is -4.60. The Morgan fingerprint density at radius 1 is 1.39 bits per heavy atom. The standard InChI is InChI=1S/C9H10BrF3N2O2S/c1-15(5-9(11,12)13)18(16,17)8-3-2-6(14)4-7(8)10/h2-4H,5,14H2,1H3. The maximum absolute atomic E-state index is 12.2. The number of anilines is 1. The van der Waals surface area contributed by atoms with Gasteiger partial charge in [-0.2, -0.15) is 17.5 Å². The molecule has 0 aliphatic heterocycles. The molecule has 1 aromatic rings. The molecule has 1 rings (SSSR count). The third kappa shape index (κ3) is 3.59. The van der Waals surface area contributed by atoms with Crippen molar-refractivity contribution in [2.75, 3.05) is 19.3 Å². The Morgan fingerprint density at radius 3 is 2.39 bits per heavy atom. The lowest BCUT2D eigenvalue weighted by Crippen LogP contribution is -2.36. The Morgan fingerprint density at radius 2 is 1.94 bits per heavy atom. The van der Waals surface area contributed by atoms with E-state index in [1.807, 2.05) is 0 Å². The Kier molecular flexibility index (Phi) is 4.29. The molecule has 0 amide bonds. The third-order valence-electron chi connectivity index (χ3n) is 2.05. The first-order chi connectivity index (χ1) is 8.04. The lowest BCUT2D eigenvalue weighted by atomic mass is 10.3. The molecule has 0 saturated heterocycles. The molecule has 0 atom stereocenters. The molecule has 0 aliphatic rings. The minimum Gasteiger partial charge on any atom is -0.399 e. The maximum Gasteiger partial charge on any atom is 0.402 e. The number of hydrogen-bond donors (Lipinski definition) is 1. The van der Waals surface area contributed by atoms with Gasteiger partial charge in [0.05, 0.1) is 4.90 Å². The van der Waals surface area contributed by atoms with Gasteiger partial charge in [0.2, 0.25) is 10.0 Å². The third-order valence-corrected chi connectivity index (χ3v) is 4.83. The molecule has 0 radical (unpaired) electrons. The second kappa shape index (κ2) is 5.06. The first kappa shape index (κ1) is 15.3. The van der Waals surface area contributed by atoms with E-state index in [4.69, 9.17) is 5.73 Å². The van der Waals surface area contributed by atoms with E-state index in [9.17, 15) is 21.6 Å². The van der Waals surface area contributed by atoms with Crippen LogP contribution in [0.25, 0.3) is 0 Å². The number of nitrogens with zero attached hydrogens (tertiary/aromatic N) is 1. The van der Waals surface area contributed by atoms with Gasteiger partial charge >= 0.3 is 6.18 Å².